The first kappa shape index (κ1) is 13.9. The Morgan fingerprint density at radius 2 is 2.21 bits per heavy atom. The number of aliphatic hydroxyl groups excluding tert-OH is 1. The maximum absolute atomic E-state index is 10.4. The molecule has 5 heteroatoms. The molecule has 0 aliphatic carbocycles. The van der Waals surface area contributed by atoms with Gasteiger partial charge in [-0.15, -0.1) is 0 Å². The summed E-state index contributed by atoms with van der Waals surface area (Å²) >= 11 is 5.89. The molecule has 0 saturated carbocycles. The van der Waals surface area contributed by atoms with E-state index in [-0.39, 0.29) is 17.7 Å². The van der Waals surface area contributed by atoms with Gasteiger partial charge in [0.2, 0.25) is 0 Å². The first-order chi connectivity index (χ1) is 9.17. The zero-order valence-electron chi connectivity index (χ0n) is 10.5. The molecule has 1 aromatic heterocycles. The van der Waals surface area contributed by atoms with Gasteiger partial charge in [-0.25, -0.2) is 0 Å². The first-order valence-corrected chi connectivity index (χ1v) is 6.30. The second kappa shape index (κ2) is 6.10. The number of hydrogen-bond acceptors (Lipinski definition) is 4. The smallest absolute Gasteiger partial charge is 0.198 e. The second-order valence-corrected chi connectivity index (χ2v) is 4.56. The molecule has 1 heterocycles. The van der Waals surface area contributed by atoms with Crippen molar-refractivity contribution in [3.63, 3.8) is 0 Å². The van der Waals surface area contributed by atoms with E-state index in [0.717, 1.165) is 11.3 Å². The number of hydrogen-bond donors (Lipinski definition) is 2. The fourth-order valence-corrected chi connectivity index (χ4v) is 2.28. The summed E-state index contributed by atoms with van der Waals surface area (Å²) in [6.07, 6.45) is 0.628. The highest BCUT2D eigenvalue weighted by Gasteiger charge is 2.25. The molecule has 0 fully saturated rings. The topological polar surface area (TPSA) is 68.6 Å². The molecule has 3 N–H and O–H groups in total. The van der Waals surface area contributed by atoms with Crippen molar-refractivity contribution in [2.75, 3.05) is 13.7 Å². The quantitative estimate of drug-likeness (QED) is 0.884. The molecule has 2 atom stereocenters. The van der Waals surface area contributed by atoms with Gasteiger partial charge in [0.15, 0.2) is 5.22 Å². The molecule has 102 valence electrons. The molecule has 2 unspecified atom stereocenters. The summed E-state index contributed by atoms with van der Waals surface area (Å²) in [5, 5.41) is 10.6. The normalized spacial score (nSPS) is 14.1. The van der Waals surface area contributed by atoms with Gasteiger partial charge in [0.05, 0.1) is 19.5 Å². The van der Waals surface area contributed by atoms with Crippen LogP contribution in [0.25, 0.3) is 0 Å². The van der Waals surface area contributed by atoms with E-state index in [9.17, 15) is 5.11 Å². The summed E-state index contributed by atoms with van der Waals surface area (Å²) in [5.74, 6) is 0.451. The van der Waals surface area contributed by atoms with E-state index in [1.807, 2.05) is 24.3 Å². The van der Waals surface area contributed by atoms with Crippen molar-refractivity contribution in [3.8, 4) is 5.75 Å². The number of benzene rings is 1. The molecule has 2 aromatic rings. The van der Waals surface area contributed by atoms with Crippen molar-refractivity contribution in [2.24, 2.45) is 5.73 Å². The molecule has 1 aromatic carbocycles. The minimum Gasteiger partial charge on any atom is -0.497 e. The van der Waals surface area contributed by atoms with E-state index in [2.05, 4.69) is 0 Å². The molecule has 4 nitrogen and oxygen atoms in total. The van der Waals surface area contributed by atoms with Crippen LogP contribution in [-0.2, 0) is 0 Å². The number of rotatable bonds is 5. The first-order valence-electron chi connectivity index (χ1n) is 5.92. The SMILES string of the molecule is COc1cccc(C(CN)C(O)c2ccoc2Cl)c1. The average Bonchev–Trinajstić information content (AvgIpc) is 2.86. The van der Waals surface area contributed by atoms with E-state index in [0.29, 0.717) is 5.56 Å². The molecule has 0 aliphatic rings. The standard InChI is InChI=1S/C14H16ClNO3/c1-18-10-4-2-3-9(7-10)12(8-16)13(17)11-5-6-19-14(11)15/h2-7,12-13,17H,8,16H2,1H3. The van der Waals surface area contributed by atoms with Crippen molar-refractivity contribution in [2.45, 2.75) is 12.0 Å². The Morgan fingerprint density at radius 1 is 1.42 bits per heavy atom. The minimum absolute atomic E-state index is 0.189. The van der Waals surface area contributed by atoms with E-state index < -0.39 is 6.10 Å². The van der Waals surface area contributed by atoms with E-state index in [1.54, 1.807) is 13.2 Å². The Labute approximate surface area is 116 Å². The number of halogens is 1. The van der Waals surface area contributed by atoms with Crippen molar-refractivity contribution in [1.29, 1.82) is 0 Å². The van der Waals surface area contributed by atoms with Gasteiger partial charge in [-0.3, -0.25) is 0 Å². The Balaban J connectivity index is 2.31. The van der Waals surface area contributed by atoms with Gasteiger partial charge in [-0.2, -0.15) is 0 Å². The third kappa shape index (κ3) is 2.92. The van der Waals surface area contributed by atoms with Gasteiger partial charge in [0.1, 0.15) is 5.75 Å². The molecule has 0 radical (unpaired) electrons. The summed E-state index contributed by atoms with van der Waals surface area (Å²) in [6, 6.07) is 9.11. The molecular formula is C14H16ClNO3. The van der Waals surface area contributed by atoms with Gasteiger partial charge < -0.3 is 20.0 Å². The van der Waals surface area contributed by atoms with Crippen molar-refractivity contribution in [3.05, 3.63) is 52.9 Å². The number of aliphatic hydroxyl groups is 1. The Kier molecular flexibility index (Phi) is 4.47. The second-order valence-electron chi connectivity index (χ2n) is 4.21. The summed E-state index contributed by atoms with van der Waals surface area (Å²) in [5.41, 5.74) is 7.22. The van der Waals surface area contributed by atoms with Crippen LogP contribution in [0.4, 0.5) is 0 Å². The lowest BCUT2D eigenvalue weighted by molar-refractivity contribution is 0.146. The highest BCUT2D eigenvalue weighted by Crippen LogP contribution is 2.35. The number of nitrogens with two attached hydrogens (primary N) is 1. The molecular weight excluding hydrogens is 266 g/mol. The van der Waals surface area contributed by atoms with Gasteiger partial charge in [-0.1, -0.05) is 12.1 Å². The third-order valence-electron chi connectivity index (χ3n) is 3.12. The summed E-state index contributed by atoms with van der Waals surface area (Å²) in [4.78, 5) is 0. The van der Waals surface area contributed by atoms with Gasteiger partial charge in [-0.05, 0) is 35.4 Å². The largest absolute Gasteiger partial charge is 0.497 e. The summed E-state index contributed by atoms with van der Waals surface area (Å²) < 4.78 is 10.2. The lowest BCUT2D eigenvalue weighted by atomic mass is 9.90. The zero-order chi connectivity index (χ0) is 13.8. The lowest BCUT2D eigenvalue weighted by Gasteiger charge is -2.21. The van der Waals surface area contributed by atoms with Crippen LogP contribution in [0.15, 0.2) is 41.0 Å². The molecule has 0 amide bonds. The Morgan fingerprint density at radius 3 is 2.79 bits per heavy atom. The van der Waals surface area contributed by atoms with Crippen molar-refractivity contribution in [1.82, 2.24) is 0 Å². The van der Waals surface area contributed by atoms with Crippen LogP contribution < -0.4 is 10.5 Å². The highest BCUT2D eigenvalue weighted by atomic mass is 35.5. The van der Waals surface area contributed by atoms with Crippen LogP contribution in [0.3, 0.4) is 0 Å². The Bertz CT molecular complexity index is 541. The van der Waals surface area contributed by atoms with Crippen LogP contribution in [0.1, 0.15) is 23.1 Å². The maximum atomic E-state index is 10.4. The van der Waals surface area contributed by atoms with Crippen LogP contribution in [-0.4, -0.2) is 18.8 Å². The molecule has 0 bridgehead atoms. The summed E-state index contributed by atoms with van der Waals surface area (Å²) in [6.45, 7) is 0.288. The zero-order valence-corrected chi connectivity index (χ0v) is 11.3. The highest BCUT2D eigenvalue weighted by molar-refractivity contribution is 6.29. The third-order valence-corrected chi connectivity index (χ3v) is 3.43. The van der Waals surface area contributed by atoms with Crippen molar-refractivity contribution >= 4 is 11.6 Å². The van der Waals surface area contributed by atoms with E-state index in [1.165, 1.54) is 6.26 Å². The predicted molar refractivity (Wildman–Crippen MR) is 73.5 cm³/mol. The monoisotopic (exact) mass is 281 g/mol. The molecule has 2 rings (SSSR count). The van der Waals surface area contributed by atoms with Crippen molar-refractivity contribution < 1.29 is 14.3 Å². The van der Waals surface area contributed by atoms with Crippen LogP contribution in [0, 0.1) is 0 Å². The number of ether oxygens (including phenoxy) is 1. The van der Waals surface area contributed by atoms with E-state index in [4.69, 9.17) is 26.5 Å². The number of furan rings is 1. The molecule has 19 heavy (non-hydrogen) atoms. The van der Waals surface area contributed by atoms with Gasteiger partial charge >= 0.3 is 0 Å². The maximum Gasteiger partial charge on any atom is 0.198 e. The fourth-order valence-electron chi connectivity index (χ4n) is 2.05. The molecule has 0 aliphatic heterocycles. The van der Waals surface area contributed by atoms with E-state index >= 15 is 0 Å². The van der Waals surface area contributed by atoms with Crippen LogP contribution in [0.2, 0.25) is 5.22 Å². The Hall–Kier alpha value is -1.49. The predicted octanol–water partition coefficient (Wildman–Crippen LogP) is 2.72. The fraction of sp³-hybridized carbons (Fsp3) is 0.286. The molecule has 0 spiro atoms. The number of methoxy groups -OCH3 is 1. The van der Waals surface area contributed by atoms with Gasteiger partial charge in [0, 0.05) is 18.0 Å². The lowest BCUT2D eigenvalue weighted by Crippen LogP contribution is -2.20. The average molecular weight is 282 g/mol. The van der Waals surface area contributed by atoms with Crippen LogP contribution >= 0.6 is 11.6 Å². The van der Waals surface area contributed by atoms with Crippen LogP contribution in [0.5, 0.6) is 5.75 Å². The summed E-state index contributed by atoms with van der Waals surface area (Å²) in [7, 11) is 1.60. The minimum atomic E-state index is -0.816. The molecule has 0 saturated heterocycles. The van der Waals surface area contributed by atoms with Gasteiger partial charge in [0.25, 0.3) is 0 Å².